The Morgan fingerprint density at radius 3 is 2.11 bits per heavy atom. The molecule has 0 spiro atoms. The van der Waals surface area contributed by atoms with Gasteiger partial charge in [-0.15, -0.1) is 0 Å². The second kappa shape index (κ2) is 12.6. The van der Waals surface area contributed by atoms with Crippen molar-refractivity contribution in [2.45, 2.75) is 45.7 Å². The van der Waals surface area contributed by atoms with Crippen molar-refractivity contribution in [3.63, 3.8) is 0 Å². The number of rotatable bonds is 9. The van der Waals surface area contributed by atoms with Gasteiger partial charge in [-0.3, -0.25) is 14.8 Å². The van der Waals surface area contributed by atoms with Gasteiger partial charge < -0.3 is 20.3 Å². The molecule has 2 fully saturated rings. The van der Waals surface area contributed by atoms with E-state index >= 15 is 0 Å². The summed E-state index contributed by atoms with van der Waals surface area (Å²) in [4.78, 5) is 12.0. The highest BCUT2D eigenvalue weighted by Gasteiger charge is 2.27. The summed E-state index contributed by atoms with van der Waals surface area (Å²) in [6, 6.07) is 1.05. The van der Waals surface area contributed by atoms with Crippen LogP contribution in [0.25, 0.3) is 0 Å². The predicted molar refractivity (Wildman–Crippen MR) is 118 cm³/mol. The van der Waals surface area contributed by atoms with Gasteiger partial charge in [0.15, 0.2) is 5.96 Å². The number of nitrogens with one attached hydrogen (secondary N) is 2. The van der Waals surface area contributed by atoms with Crippen LogP contribution >= 0.6 is 0 Å². The summed E-state index contributed by atoms with van der Waals surface area (Å²) < 4.78 is 5.57. The number of morpholine rings is 1. The molecule has 2 saturated heterocycles. The summed E-state index contributed by atoms with van der Waals surface area (Å²) in [5.74, 6) is 1.62. The van der Waals surface area contributed by atoms with Crippen LogP contribution in [0.15, 0.2) is 4.99 Å². The minimum Gasteiger partial charge on any atom is -0.379 e. The van der Waals surface area contributed by atoms with E-state index in [2.05, 4.69) is 58.1 Å². The molecule has 0 aromatic heterocycles. The fourth-order valence-corrected chi connectivity index (χ4v) is 4.39. The van der Waals surface area contributed by atoms with E-state index in [9.17, 15) is 0 Å². The van der Waals surface area contributed by atoms with Gasteiger partial charge in [0.25, 0.3) is 0 Å². The molecule has 2 unspecified atom stereocenters. The maximum absolute atomic E-state index is 5.57. The molecule has 0 aliphatic carbocycles. The van der Waals surface area contributed by atoms with E-state index in [0.717, 1.165) is 71.5 Å². The van der Waals surface area contributed by atoms with Crippen molar-refractivity contribution in [2.75, 3.05) is 79.7 Å². The lowest BCUT2D eigenvalue weighted by molar-refractivity contribution is 0.00271. The Morgan fingerprint density at radius 2 is 1.54 bits per heavy atom. The summed E-state index contributed by atoms with van der Waals surface area (Å²) in [7, 11) is 4.08. The lowest BCUT2D eigenvalue weighted by Crippen LogP contribution is -2.55. The van der Waals surface area contributed by atoms with Crippen LogP contribution < -0.4 is 10.6 Å². The number of piperazine rings is 1. The van der Waals surface area contributed by atoms with Crippen molar-refractivity contribution in [3.8, 4) is 0 Å². The number of likely N-dealkylation sites (N-methyl/N-ethyl adjacent to an activating group) is 1. The molecule has 2 aliphatic heterocycles. The van der Waals surface area contributed by atoms with Crippen LogP contribution in [0.5, 0.6) is 0 Å². The second-order valence-electron chi connectivity index (χ2n) is 8.31. The molecular weight excluding hydrogens is 352 g/mol. The summed E-state index contributed by atoms with van der Waals surface area (Å²) >= 11 is 0. The van der Waals surface area contributed by atoms with Crippen LogP contribution in [0.1, 0.15) is 33.6 Å². The zero-order chi connectivity index (χ0) is 20.4. The predicted octanol–water partition coefficient (Wildman–Crippen LogP) is 0.924. The first-order valence-electron chi connectivity index (χ1n) is 11.3. The van der Waals surface area contributed by atoms with E-state index < -0.39 is 0 Å². The molecule has 0 aromatic carbocycles. The van der Waals surface area contributed by atoms with E-state index in [1.165, 1.54) is 12.8 Å². The highest BCUT2D eigenvalue weighted by Crippen LogP contribution is 2.19. The van der Waals surface area contributed by atoms with E-state index in [0.29, 0.717) is 18.0 Å². The molecule has 2 heterocycles. The number of ether oxygens (including phenoxy) is 1. The van der Waals surface area contributed by atoms with Crippen molar-refractivity contribution in [3.05, 3.63) is 0 Å². The smallest absolute Gasteiger partial charge is 0.191 e. The quantitative estimate of drug-likeness (QED) is 0.447. The molecule has 0 bridgehead atoms. The zero-order valence-electron chi connectivity index (χ0n) is 18.9. The molecule has 0 aromatic rings. The minimum atomic E-state index is 0.515. The summed E-state index contributed by atoms with van der Waals surface area (Å²) in [5.41, 5.74) is 0. The SMILES string of the molecule is CCC(CC)C(CNC(=NC)NCC(C)N1CCN(C)CC1)N1CCOCC1. The minimum absolute atomic E-state index is 0.515. The van der Waals surface area contributed by atoms with Gasteiger partial charge in [0.1, 0.15) is 0 Å². The average Bonchev–Trinajstić information content (AvgIpc) is 2.74. The number of hydrogen-bond donors (Lipinski definition) is 2. The average molecular weight is 397 g/mol. The Morgan fingerprint density at radius 1 is 0.929 bits per heavy atom. The van der Waals surface area contributed by atoms with Crippen molar-refractivity contribution < 1.29 is 4.74 Å². The molecule has 2 aliphatic rings. The summed E-state index contributed by atoms with van der Waals surface area (Å²) in [6.07, 6.45) is 2.43. The lowest BCUT2D eigenvalue weighted by atomic mass is 9.92. The van der Waals surface area contributed by atoms with Gasteiger partial charge in [-0.05, 0) is 19.9 Å². The molecule has 28 heavy (non-hydrogen) atoms. The topological polar surface area (TPSA) is 55.4 Å². The second-order valence-corrected chi connectivity index (χ2v) is 8.31. The van der Waals surface area contributed by atoms with E-state index in [-0.39, 0.29) is 0 Å². The van der Waals surface area contributed by atoms with Crippen LogP contribution in [-0.2, 0) is 4.74 Å². The molecule has 164 valence electrons. The molecule has 7 nitrogen and oxygen atoms in total. The third-order valence-corrected chi connectivity index (χ3v) is 6.54. The monoisotopic (exact) mass is 396 g/mol. The summed E-state index contributed by atoms with van der Waals surface area (Å²) in [5, 5.41) is 7.16. The Kier molecular flexibility index (Phi) is 10.5. The summed E-state index contributed by atoms with van der Waals surface area (Å²) in [6.45, 7) is 17.2. The van der Waals surface area contributed by atoms with Crippen LogP contribution in [0, 0.1) is 5.92 Å². The zero-order valence-corrected chi connectivity index (χ0v) is 18.9. The molecule has 7 heteroatoms. The van der Waals surface area contributed by atoms with Crippen LogP contribution in [0.3, 0.4) is 0 Å². The molecule has 2 atom stereocenters. The molecule has 2 N–H and O–H groups in total. The number of nitrogens with zero attached hydrogens (tertiary/aromatic N) is 4. The Bertz CT molecular complexity index is 442. The van der Waals surface area contributed by atoms with Crippen LogP contribution in [0.2, 0.25) is 0 Å². The third kappa shape index (κ3) is 7.17. The Labute approximate surface area is 172 Å². The lowest BCUT2D eigenvalue weighted by Gasteiger charge is -2.39. The standard InChI is InChI=1S/C21H44N6O/c1-6-19(7-2)20(27-12-14-28-15-13-27)17-24-21(22-4)23-16-18(3)26-10-8-25(5)9-11-26/h18-20H,6-17H2,1-5H3,(H2,22,23,24). The molecule has 0 amide bonds. The van der Waals surface area contributed by atoms with Gasteiger partial charge in [-0.2, -0.15) is 0 Å². The maximum atomic E-state index is 5.57. The number of guanidine groups is 1. The number of aliphatic imine (C=N–C) groups is 1. The fraction of sp³-hybridized carbons (Fsp3) is 0.952. The van der Waals surface area contributed by atoms with Gasteiger partial charge in [0.2, 0.25) is 0 Å². The van der Waals surface area contributed by atoms with Crippen LogP contribution in [-0.4, -0.2) is 112 Å². The Balaban J connectivity index is 1.82. The van der Waals surface area contributed by atoms with Crippen molar-refractivity contribution in [2.24, 2.45) is 10.9 Å². The Hall–Kier alpha value is -0.890. The molecule has 0 radical (unpaired) electrons. The third-order valence-electron chi connectivity index (χ3n) is 6.54. The largest absolute Gasteiger partial charge is 0.379 e. The molecular formula is C21H44N6O. The van der Waals surface area contributed by atoms with Crippen LogP contribution in [0.4, 0.5) is 0 Å². The van der Waals surface area contributed by atoms with E-state index in [1.807, 2.05) is 7.05 Å². The maximum Gasteiger partial charge on any atom is 0.191 e. The van der Waals surface area contributed by atoms with Gasteiger partial charge >= 0.3 is 0 Å². The normalized spacial score (nSPS) is 23.0. The first-order valence-corrected chi connectivity index (χ1v) is 11.3. The van der Waals surface area contributed by atoms with Gasteiger partial charge in [0.05, 0.1) is 13.2 Å². The molecule has 0 saturated carbocycles. The van der Waals surface area contributed by atoms with Crippen molar-refractivity contribution in [1.29, 1.82) is 0 Å². The first kappa shape index (κ1) is 23.4. The van der Waals surface area contributed by atoms with E-state index in [4.69, 9.17) is 4.74 Å². The van der Waals surface area contributed by atoms with Crippen molar-refractivity contribution in [1.82, 2.24) is 25.3 Å². The highest BCUT2D eigenvalue weighted by molar-refractivity contribution is 5.79. The number of hydrogen-bond acceptors (Lipinski definition) is 5. The first-order chi connectivity index (χ1) is 13.6. The van der Waals surface area contributed by atoms with Gasteiger partial charge in [-0.1, -0.05) is 26.7 Å². The highest BCUT2D eigenvalue weighted by atomic mass is 16.5. The van der Waals surface area contributed by atoms with E-state index in [1.54, 1.807) is 0 Å². The molecule has 2 rings (SSSR count). The van der Waals surface area contributed by atoms with Gasteiger partial charge in [0, 0.05) is 71.5 Å². The fourth-order valence-electron chi connectivity index (χ4n) is 4.39. The van der Waals surface area contributed by atoms with Crippen molar-refractivity contribution >= 4 is 5.96 Å². The van der Waals surface area contributed by atoms with Gasteiger partial charge in [-0.25, -0.2) is 0 Å².